The van der Waals surface area contributed by atoms with Gasteiger partial charge in [0.05, 0.1) is 0 Å². The Kier molecular flexibility index (Phi) is 3.99. The zero-order valence-electron chi connectivity index (χ0n) is 12.9. The summed E-state index contributed by atoms with van der Waals surface area (Å²) in [6.07, 6.45) is 5.44. The van der Waals surface area contributed by atoms with Gasteiger partial charge in [0.25, 0.3) is 0 Å². The highest BCUT2D eigenvalue weighted by atomic mass is 32.1. The van der Waals surface area contributed by atoms with E-state index < -0.39 is 0 Å². The van der Waals surface area contributed by atoms with Gasteiger partial charge in [-0.2, -0.15) is 0 Å². The fourth-order valence-electron chi connectivity index (χ4n) is 3.15. The van der Waals surface area contributed by atoms with Crippen LogP contribution in [-0.4, -0.2) is 33.7 Å². The molecule has 5 nitrogen and oxygen atoms in total. The molecule has 0 bridgehead atoms. The zero-order valence-corrected chi connectivity index (χ0v) is 13.8. The van der Waals surface area contributed by atoms with E-state index in [1.165, 1.54) is 29.7 Å². The molecular formula is C17H20N4OS. The molecule has 120 valence electrons. The predicted molar refractivity (Wildman–Crippen MR) is 90.8 cm³/mol. The van der Waals surface area contributed by atoms with Crippen LogP contribution in [0.25, 0.3) is 0 Å². The first kappa shape index (κ1) is 14.6. The van der Waals surface area contributed by atoms with Gasteiger partial charge in [-0.1, -0.05) is 41.7 Å². The van der Waals surface area contributed by atoms with Crippen LogP contribution in [0, 0.1) is 0 Å². The number of rotatable bonds is 4. The monoisotopic (exact) mass is 328 g/mol. The van der Waals surface area contributed by atoms with E-state index in [1.807, 2.05) is 11.0 Å². The zero-order chi connectivity index (χ0) is 15.6. The van der Waals surface area contributed by atoms with Crippen molar-refractivity contribution in [3.8, 4) is 0 Å². The number of anilines is 1. The summed E-state index contributed by atoms with van der Waals surface area (Å²) < 4.78 is 0. The molecule has 1 aromatic carbocycles. The van der Waals surface area contributed by atoms with Crippen LogP contribution in [-0.2, 0) is 6.42 Å². The number of hydrogen-bond acceptors (Lipinski definition) is 4. The van der Waals surface area contributed by atoms with Crippen molar-refractivity contribution in [2.24, 2.45) is 0 Å². The molecule has 6 heteroatoms. The van der Waals surface area contributed by atoms with Crippen LogP contribution in [0.3, 0.4) is 0 Å². The summed E-state index contributed by atoms with van der Waals surface area (Å²) in [6.45, 7) is 0.817. The highest BCUT2D eigenvalue weighted by Gasteiger charge is 2.31. The number of carbonyl (C=O) groups excluding carboxylic acids is 1. The highest BCUT2D eigenvalue weighted by molar-refractivity contribution is 7.15. The van der Waals surface area contributed by atoms with Crippen molar-refractivity contribution in [3.63, 3.8) is 0 Å². The maximum Gasteiger partial charge on any atom is 0.323 e. The summed E-state index contributed by atoms with van der Waals surface area (Å²) in [5.74, 6) is 0.579. The first-order chi connectivity index (χ1) is 11.3. The van der Waals surface area contributed by atoms with Gasteiger partial charge in [-0.25, -0.2) is 4.79 Å². The second-order valence-electron chi connectivity index (χ2n) is 6.33. The Bertz CT molecular complexity index is 683. The van der Waals surface area contributed by atoms with E-state index in [0.717, 1.165) is 30.8 Å². The standard InChI is InChI=1S/C17H20N4OS/c22-17(18-16-20-19-15(23-16)13-8-9-13)21-10-4-7-14(21)11-12-5-2-1-3-6-12/h1-3,5-6,13-14H,4,7-11H2,(H,18,20,22)/t14-/m1/s1. The first-order valence-electron chi connectivity index (χ1n) is 8.24. The number of aromatic nitrogens is 2. The maximum atomic E-state index is 12.6. The average molecular weight is 328 g/mol. The quantitative estimate of drug-likeness (QED) is 0.932. The topological polar surface area (TPSA) is 58.1 Å². The van der Waals surface area contributed by atoms with E-state index in [9.17, 15) is 4.79 Å². The van der Waals surface area contributed by atoms with E-state index in [1.54, 1.807) is 0 Å². The number of hydrogen-bond donors (Lipinski definition) is 1. The van der Waals surface area contributed by atoms with Crippen LogP contribution in [0.2, 0.25) is 0 Å². The van der Waals surface area contributed by atoms with Crippen LogP contribution in [0.1, 0.15) is 42.2 Å². The largest absolute Gasteiger partial charge is 0.323 e. The molecule has 0 spiro atoms. The van der Waals surface area contributed by atoms with Gasteiger partial charge in [0, 0.05) is 18.5 Å². The lowest BCUT2D eigenvalue weighted by molar-refractivity contribution is 0.206. The van der Waals surface area contributed by atoms with Crippen LogP contribution >= 0.6 is 11.3 Å². The maximum absolute atomic E-state index is 12.6. The molecule has 4 rings (SSSR count). The van der Waals surface area contributed by atoms with Gasteiger partial charge in [0.2, 0.25) is 5.13 Å². The van der Waals surface area contributed by atoms with E-state index in [0.29, 0.717) is 11.0 Å². The Morgan fingerprint density at radius 3 is 2.83 bits per heavy atom. The smallest absolute Gasteiger partial charge is 0.321 e. The number of nitrogens with one attached hydrogen (secondary N) is 1. The molecule has 23 heavy (non-hydrogen) atoms. The molecule has 2 fully saturated rings. The highest BCUT2D eigenvalue weighted by Crippen LogP contribution is 2.42. The predicted octanol–water partition coefficient (Wildman–Crippen LogP) is 3.65. The lowest BCUT2D eigenvalue weighted by Gasteiger charge is -2.24. The second-order valence-corrected chi connectivity index (χ2v) is 7.34. The molecule has 0 unspecified atom stereocenters. The third kappa shape index (κ3) is 3.37. The Hall–Kier alpha value is -1.95. The molecule has 2 amide bonds. The van der Waals surface area contributed by atoms with Crippen LogP contribution in [0.15, 0.2) is 30.3 Å². The van der Waals surface area contributed by atoms with Gasteiger partial charge in [-0.05, 0) is 37.7 Å². The van der Waals surface area contributed by atoms with Crippen LogP contribution in [0.4, 0.5) is 9.93 Å². The Morgan fingerprint density at radius 1 is 1.22 bits per heavy atom. The lowest BCUT2D eigenvalue weighted by Crippen LogP contribution is -2.39. The Morgan fingerprint density at radius 2 is 2.04 bits per heavy atom. The van der Waals surface area contributed by atoms with Crippen LogP contribution in [0.5, 0.6) is 0 Å². The molecule has 1 aliphatic carbocycles. The summed E-state index contributed by atoms with van der Waals surface area (Å²) in [6, 6.07) is 10.6. The molecule has 2 aromatic rings. The van der Waals surface area contributed by atoms with Crippen molar-refractivity contribution >= 4 is 22.5 Å². The van der Waals surface area contributed by atoms with Gasteiger partial charge in [0.15, 0.2) is 0 Å². The average Bonchev–Trinajstić information content (AvgIpc) is 3.13. The number of amides is 2. The number of urea groups is 1. The van der Waals surface area contributed by atoms with Gasteiger partial charge >= 0.3 is 6.03 Å². The summed E-state index contributed by atoms with van der Waals surface area (Å²) in [5.41, 5.74) is 1.28. The Labute approximate surface area is 139 Å². The number of carbonyl (C=O) groups is 1. The molecule has 1 atom stereocenters. The van der Waals surface area contributed by atoms with Crippen molar-refractivity contribution in [2.75, 3.05) is 11.9 Å². The minimum atomic E-state index is -0.0399. The normalized spacial score (nSPS) is 20.7. The first-order valence-corrected chi connectivity index (χ1v) is 9.06. The molecule has 2 aliphatic rings. The van der Waals surface area contributed by atoms with Crippen LogP contribution < -0.4 is 5.32 Å². The van der Waals surface area contributed by atoms with Gasteiger partial charge in [0.1, 0.15) is 5.01 Å². The fraction of sp³-hybridized carbons (Fsp3) is 0.471. The van der Waals surface area contributed by atoms with Crippen molar-refractivity contribution in [1.82, 2.24) is 15.1 Å². The number of nitrogens with zero attached hydrogens (tertiary/aromatic N) is 3. The van der Waals surface area contributed by atoms with Crippen molar-refractivity contribution in [3.05, 3.63) is 40.9 Å². The van der Waals surface area contributed by atoms with E-state index >= 15 is 0 Å². The molecule has 1 aliphatic heterocycles. The minimum absolute atomic E-state index is 0.0399. The third-order valence-electron chi connectivity index (χ3n) is 4.53. The van der Waals surface area contributed by atoms with E-state index in [-0.39, 0.29) is 12.1 Å². The molecule has 0 radical (unpaired) electrons. The molecule has 1 N–H and O–H groups in total. The molecule has 1 saturated heterocycles. The van der Waals surface area contributed by atoms with E-state index in [2.05, 4.69) is 39.8 Å². The molecule has 2 heterocycles. The summed E-state index contributed by atoms with van der Waals surface area (Å²) >= 11 is 1.51. The number of benzene rings is 1. The lowest BCUT2D eigenvalue weighted by atomic mass is 10.0. The third-order valence-corrected chi connectivity index (χ3v) is 5.53. The summed E-state index contributed by atoms with van der Waals surface area (Å²) in [5, 5.41) is 12.9. The minimum Gasteiger partial charge on any atom is -0.321 e. The second kappa shape index (κ2) is 6.28. The van der Waals surface area contributed by atoms with Gasteiger partial charge in [-0.3, -0.25) is 5.32 Å². The summed E-state index contributed by atoms with van der Waals surface area (Å²) in [7, 11) is 0. The molecular weight excluding hydrogens is 308 g/mol. The molecule has 1 aromatic heterocycles. The Balaban J connectivity index is 1.39. The van der Waals surface area contributed by atoms with Crippen molar-refractivity contribution in [2.45, 2.75) is 44.1 Å². The summed E-state index contributed by atoms with van der Waals surface area (Å²) in [4.78, 5) is 14.5. The van der Waals surface area contributed by atoms with Crippen molar-refractivity contribution in [1.29, 1.82) is 0 Å². The number of likely N-dealkylation sites (tertiary alicyclic amines) is 1. The van der Waals surface area contributed by atoms with Gasteiger partial charge in [-0.15, -0.1) is 10.2 Å². The SMILES string of the molecule is O=C(Nc1nnc(C2CC2)s1)N1CCC[C@@H]1Cc1ccccc1. The van der Waals surface area contributed by atoms with Crippen molar-refractivity contribution < 1.29 is 4.79 Å². The molecule has 1 saturated carbocycles. The van der Waals surface area contributed by atoms with E-state index in [4.69, 9.17) is 0 Å². The van der Waals surface area contributed by atoms with Gasteiger partial charge < -0.3 is 4.90 Å². The fourth-order valence-corrected chi connectivity index (χ4v) is 4.05.